The Balaban J connectivity index is 1.73. The van der Waals surface area contributed by atoms with E-state index >= 15 is 0 Å². The van der Waals surface area contributed by atoms with Gasteiger partial charge in [0.15, 0.2) is 0 Å². The zero-order chi connectivity index (χ0) is 15.9. The molecule has 1 atom stereocenters. The fourth-order valence-corrected chi connectivity index (χ4v) is 3.55. The largest absolute Gasteiger partial charge is 0.384 e. The molecule has 1 aliphatic rings. The number of benzene rings is 1. The number of aliphatic hydroxyl groups is 1. The van der Waals surface area contributed by atoms with Crippen molar-refractivity contribution < 1.29 is 5.11 Å². The number of piperidine rings is 1. The summed E-state index contributed by atoms with van der Waals surface area (Å²) in [4.78, 5) is 4.20. The van der Waals surface area contributed by atoms with E-state index in [1.807, 2.05) is 19.4 Å². The Morgan fingerprint density at radius 3 is 2.78 bits per heavy atom. The van der Waals surface area contributed by atoms with Crippen molar-refractivity contribution >= 4 is 10.9 Å². The third-order valence-electron chi connectivity index (χ3n) is 4.89. The van der Waals surface area contributed by atoms with Gasteiger partial charge in [0.1, 0.15) is 5.60 Å². The van der Waals surface area contributed by atoms with E-state index in [0.717, 1.165) is 36.0 Å². The van der Waals surface area contributed by atoms with Gasteiger partial charge in [-0.05, 0) is 36.6 Å². The van der Waals surface area contributed by atoms with E-state index in [1.54, 1.807) is 0 Å². The number of rotatable bonds is 2. The van der Waals surface area contributed by atoms with E-state index in [9.17, 15) is 5.11 Å². The highest BCUT2D eigenvalue weighted by atomic mass is 16.3. The van der Waals surface area contributed by atoms with Crippen LogP contribution in [0.3, 0.4) is 0 Å². The molecule has 0 radical (unpaired) electrons. The normalized spacial score (nSPS) is 21.7. The molecule has 1 aliphatic heterocycles. The summed E-state index contributed by atoms with van der Waals surface area (Å²) in [6, 6.07) is 10.4. The van der Waals surface area contributed by atoms with Crippen LogP contribution in [0.1, 0.15) is 18.4 Å². The van der Waals surface area contributed by atoms with E-state index in [2.05, 4.69) is 51.4 Å². The van der Waals surface area contributed by atoms with Gasteiger partial charge in [0.05, 0.1) is 11.7 Å². The van der Waals surface area contributed by atoms with Crippen molar-refractivity contribution in [2.45, 2.75) is 18.4 Å². The summed E-state index contributed by atoms with van der Waals surface area (Å²) in [6.45, 7) is 1.62. The molecule has 3 heterocycles. The Kier molecular flexibility index (Phi) is 3.43. The van der Waals surface area contributed by atoms with Gasteiger partial charge in [-0.3, -0.25) is 4.98 Å². The Hall–Kier alpha value is -2.17. The first-order valence-corrected chi connectivity index (χ1v) is 8.10. The molecular weight excluding hydrogens is 286 g/mol. The third kappa shape index (κ3) is 2.44. The van der Waals surface area contributed by atoms with Crippen LogP contribution in [-0.2, 0) is 12.6 Å². The Morgan fingerprint density at radius 1 is 1.22 bits per heavy atom. The molecule has 1 fully saturated rings. The van der Waals surface area contributed by atoms with Gasteiger partial charge < -0.3 is 15.0 Å². The molecule has 0 amide bonds. The second-order valence-electron chi connectivity index (χ2n) is 6.44. The Morgan fingerprint density at radius 2 is 2.04 bits per heavy atom. The first-order chi connectivity index (χ1) is 11.2. The highest BCUT2D eigenvalue weighted by molar-refractivity contribution is 5.95. The van der Waals surface area contributed by atoms with Crippen molar-refractivity contribution in [1.29, 1.82) is 0 Å². The van der Waals surface area contributed by atoms with Crippen LogP contribution in [0, 0.1) is 0 Å². The molecule has 4 nitrogen and oxygen atoms in total. The number of fused-ring (bicyclic) bond motifs is 1. The summed E-state index contributed by atoms with van der Waals surface area (Å²) >= 11 is 0. The van der Waals surface area contributed by atoms with Crippen LogP contribution in [-0.4, -0.2) is 27.7 Å². The summed E-state index contributed by atoms with van der Waals surface area (Å²) in [6.07, 6.45) is 7.69. The number of β-amino-alcohol motifs (C(OH)–C–C–N with tert-alkyl or cyclic N) is 1. The average Bonchev–Trinajstić information content (AvgIpc) is 2.93. The second kappa shape index (κ2) is 5.48. The van der Waals surface area contributed by atoms with Gasteiger partial charge in [0.25, 0.3) is 0 Å². The minimum absolute atomic E-state index is 0.631. The third-order valence-corrected chi connectivity index (χ3v) is 4.89. The summed E-state index contributed by atoms with van der Waals surface area (Å²) in [7, 11) is 2.04. The van der Waals surface area contributed by atoms with Gasteiger partial charge >= 0.3 is 0 Å². The number of hydrogen-bond acceptors (Lipinski definition) is 3. The van der Waals surface area contributed by atoms with Crippen molar-refractivity contribution in [3.8, 4) is 11.1 Å². The van der Waals surface area contributed by atoms with Gasteiger partial charge in [-0.15, -0.1) is 0 Å². The van der Waals surface area contributed by atoms with Crippen LogP contribution in [0.4, 0.5) is 0 Å². The summed E-state index contributed by atoms with van der Waals surface area (Å²) in [5, 5.41) is 15.3. The highest BCUT2D eigenvalue weighted by Gasteiger charge is 2.30. The molecule has 1 aromatic carbocycles. The summed E-state index contributed by atoms with van der Waals surface area (Å²) < 4.78 is 2.10. The molecule has 3 aromatic rings. The zero-order valence-electron chi connectivity index (χ0n) is 13.3. The monoisotopic (exact) mass is 307 g/mol. The maximum atomic E-state index is 10.8. The number of pyridine rings is 1. The Bertz CT molecular complexity index is 829. The molecule has 4 heteroatoms. The fraction of sp³-hybridized carbons (Fsp3) is 0.316. The van der Waals surface area contributed by atoms with Crippen LogP contribution in [0.2, 0.25) is 0 Å². The minimum atomic E-state index is -0.737. The van der Waals surface area contributed by atoms with Crippen LogP contribution in [0.15, 0.2) is 48.9 Å². The number of hydrogen-bond donors (Lipinski definition) is 2. The lowest BCUT2D eigenvalue weighted by molar-refractivity contribution is 0.0123. The zero-order valence-corrected chi connectivity index (χ0v) is 13.3. The molecular formula is C19H21N3O. The summed E-state index contributed by atoms with van der Waals surface area (Å²) in [5.41, 5.74) is 3.75. The smallest absolute Gasteiger partial charge is 0.102 e. The standard InChI is InChI=1S/C19H21N3O/c1-22-12-17(16-7-10-20-11-18(16)22)14-3-5-15(6-4-14)19(23)8-2-9-21-13-19/h3-7,10-12,21,23H,2,8-9,13H2,1H3. The number of nitrogens with zero attached hydrogens (tertiary/aromatic N) is 2. The molecule has 2 N–H and O–H groups in total. The van der Waals surface area contributed by atoms with Crippen molar-refractivity contribution in [2.75, 3.05) is 13.1 Å². The van der Waals surface area contributed by atoms with E-state index in [-0.39, 0.29) is 0 Å². The quantitative estimate of drug-likeness (QED) is 0.765. The molecule has 4 rings (SSSR count). The van der Waals surface area contributed by atoms with E-state index in [4.69, 9.17) is 0 Å². The lowest BCUT2D eigenvalue weighted by Gasteiger charge is -2.33. The summed E-state index contributed by atoms with van der Waals surface area (Å²) in [5.74, 6) is 0. The van der Waals surface area contributed by atoms with Crippen LogP contribution in [0.25, 0.3) is 22.0 Å². The molecule has 2 aromatic heterocycles. The van der Waals surface area contributed by atoms with Gasteiger partial charge in [-0.1, -0.05) is 24.3 Å². The highest BCUT2D eigenvalue weighted by Crippen LogP contribution is 2.33. The molecule has 0 bridgehead atoms. The van der Waals surface area contributed by atoms with Gasteiger partial charge in [0, 0.05) is 36.9 Å². The van der Waals surface area contributed by atoms with Crippen molar-refractivity contribution in [1.82, 2.24) is 14.9 Å². The number of aryl methyl sites for hydroxylation is 1. The average molecular weight is 307 g/mol. The van der Waals surface area contributed by atoms with Gasteiger partial charge in [-0.25, -0.2) is 0 Å². The minimum Gasteiger partial charge on any atom is -0.384 e. The molecule has 0 saturated carbocycles. The van der Waals surface area contributed by atoms with Crippen LogP contribution < -0.4 is 5.32 Å². The van der Waals surface area contributed by atoms with Crippen molar-refractivity contribution in [3.63, 3.8) is 0 Å². The Labute approximate surface area is 135 Å². The van der Waals surface area contributed by atoms with Gasteiger partial charge in [0.2, 0.25) is 0 Å². The van der Waals surface area contributed by atoms with E-state index < -0.39 is 5.60 Å². The predicted molar refractivity (Wildman–Crippen MR) is 92.2 cm³/mol. The van der Waals surface area contributed by atoms with Crippen LogP contribution >= 0.6 is 0 Å². The topological polar surface area (TPSA) is 50.1 Å². The van der Waals surface area contributed by atoms with Crippen LogP contribution in [0.5, 0.6) is 0 Å². The van der Waals surface area contributed by atoms with Crippen molar-refractivity contribution in [3.05, 3.63) is 54.5 Å². The lowest BCUT2D eigenvalue weighted by atomic mass is 9.86. The molecule has 23 heavy (non-hydrogen) atoms. The SMILES string of the molecule is Cn1cc(-c2ccc(C3(O)CCCNC3)cc2)c2ccncc21. The first-order valence-electron chi connectivity index (χ1n) is 8.10. The van der Waals surface area contributed by atoms with E-state index in [1.165, 1.54) is 10.9 Å². The predicted octanol–water partition coefficient (Wildman–Crippen LogP) is 2.81. The van der Waals surface area contributed by atoms with Gasteiger partial charge in [-0.2, -0.15) is 0 Å². The number of nitrogens with one attached hydrogen (secondary N) is 1. The number of aromatic nitrogens is 2. The molecule has 1 unspecified atom stereocenters. The first kappa shape index (κ1) is 14.4. The second-order valence-corrected chi connectivity index (χ2v) is 6.44. The fourth-order valence-electron chi connectivity index (χ4n) is 3.55. The molecule has 118 valence electrons. The molecule has 0 spiro atoms. The maximum absolute atomic E-state index is 10.8. The maximum Gasteiger partial charge on any atom is 0.102 e. The molecule has 0 aliphatic carbocycles. The van der Waals surface area contributed by atoms with E-state index in [0.29, 0.717) is 6.54 Å². The van der Waals surface area contributed by atoms with Crippen molar-refractivity contribution in [2.24, 2.45) is 7.05 Å². The molecule has 1 saturated heterocycles. The lowest BCUT2D eigenvalue weighted by Crippen LogP contribution is -2.43.